The van der Waals surface area contributed by atoms with Crippen LogP contribution in [0.4, 0.5) is 0 Å². The van der Waals surface area contributed by atoms with Crippen LogP contribution in [0.5, 0.6) is 0 Å². The SMILES string of the molecule is O=C1C2CCCC1CN(Cc1ccc(Br)cc1)C2. The fraction of sp³-hybridized carbons (Fsp3) is 0.533. The van der Waals surface area contributed by atoms with Crippen LogP contribution in [0.1, 0.15) is 24.8 Å². The number of carbonyl (C=O) groups excluding carboxylic acids is 1. The molecule has 2 nitrogen and oxygen atoms in total. The van der Waals surface area contributed by atoms with Gasteiger partial charge in [0.15, 0.2) is 0 Å². The average molecular weight is 308 g/mol. The smallest absolute Gasteiger partial charge is 0.141 e. The fourth-order valence-corrected chi connectivity index (χ4v) is 3.53. The lowest BCUT2D eigenvalue weighted by molar-refractivity contribution is -0.134. The van der Waals surface area contributed by atoms with Crippen molar-refractivity contribution in [1.82, 2.24) is 4.90 Å². The van der Waals surface area contributed by atoms with Crippen LogP contribution in [0.2, 0.25) is 0 Å². The number of ketones is 1. The Hall–Kier alpha value is -0.670. The molecule has 3 heteroatoms. The summed E-state index contributed by atoms with van der Waals surface area (Å²) in [6.45, 7) is 2.91. The number of fused-ring (bicyclic) bond motifs is 2. The van der Waals surface area contributed by atoms with E-state index in [0.29, 0.717) is 17.6 Å². The number of hydrogen-bond acceptors (Lipinski definition) is 2. The lowest BCUT2D eigenvalue weighted by atomic mass is 9.76. The Morgan fingerprint density at radius 3 is 2.33 bits per heavy atom. The van der Waals surface area contributed by atoms with Crippen molar-refractivity contribution in [3.8, 4) is 0 Å². The standard InChI is InChI=1S/C15H18BrNO/c16-14-6-4-11(5-7-14)8-17-9-12-2-1-3-13(10-17)15(12)18/h4-7,12-13H,1-3,8-10H2. The lowest BCUT2D eigenvalue weighted by Crippen LogP contribution is -2.48. The van der Waals surface area contributed by atoms with Gasteiger partial charge < -0.3 is 0 Å². The van der Waals surface area contributed by atoms with E-state index in [0.717, 1.165) is 36.9 Å². The van der Waals surface area contributed by atoms with Crippen molar-refractivity contribution in [2.75, 3.05) is 13.1 Å². The molecule has 0 radical (unpaired) electrons. The third-order valence-corrected chi connectivity index (χ3v) is 4.72. The lowest BCUT2D eigenvalue weighted by Gasteiger charge is -2.40. The molecule has 3 rings (SSSR count). The Kier molecular flexibility index (Phi) is 3.53. The number of nitrogens with zero attached hydrogens (tertiary/aromatic N) is 1. The number of rotatable bonds is 2. The average Bonchev–Trinajstić information content (AvgIpc) is 2.33. The van der Waals surface area contributed by atoms with Gasteiger partial charge in [-0.25, -0.2) is 0 Å². The Morgan fingerprint density at radius 1 is 1.11 bits per heavy atom. The van der Waals surface area contributed by atoms with Crippen LogP contribution >= 0.6 is 15.9 Å². The fourth-order valence-electron chi connectivity index (χ4n) is 3.27. The predicted molar refractivity (Wildman–Crippen MR) is 75.3 cm³/mol. The molecule has 2 fully saturated rings. The van der Waals surface area contributed by atoms with Crippen molar-refractivity contribution in [1.29, 1.82) is 0 Å². The number of piperidine rings is 1. The Morgan fingerprint density at radius 2 is 1.72 bits per heavy atom. The summed E-state index contributed by atoms with van der Waals surface area (Å²) in [5, 5.41) is 0. The minimum Gasteiger partial charge on any atom is -0.299 e. The van der Waals surface area contributed by atoms with Gasteiger partial charge in [-0.05, 0) is 30.5 Å². The molecule has 0 aromatic heterocycles. The Labute approximate surface area is 116 Å². The Balaban J connectivity index is 1.67. The monoisotopic (exact) mass is 307 g/mol. The van der Waals surface area contributed by atoms with E-state index in [-0.39, 0.29) is 0 Å². The van der Waals surface area contributed by atoms with Crippen molar-refractivity contribution in [2.45, 2.75) is 25.8 Å². The molecule has 2 atom stereocenters. The van der Waals surface area contributed by atoms with Crippen molar-refractivity contribution >= 4 is 21.7 Å². The second kappa shape index (κ2) is 5.14. The Bertz CT molecular complexity index is 426. The maximum absolute atomic E-state index is 12.0. The molecule has 1 aliphatic heterocycles. The first kappa shape index (κ1) is 12.4. The first-order valence-corrected chi connectivity index (χ1v) is 7.52. The minimum atomic E-state index is 0.313. The number of benzene rings is 1. The highest BCUT2D eigenvalue weighted by Crippen LogP contribution is 2.32. The third kappa shape index (κ3) is 2.52. The highest BCUT2D eigenvalue weighted by atomic mass is 79.9. The second-order valence-corrected chi connectivity index (χ2v) is 6.46. The molecule has 96 valence electrons. The van der Waals surface area contributed by atoms with Crippen LogP contribution < -0.4 is 0 Å². The molecule has 1 saturated carbocycles. The number of likely N-dealkylation sites (tertiary alicyclic amines) is 1. The molecule has 1 saturated heterocycles. The summed E-state index contributed by atoms with van der Waals surface area (Å²) in [5.74, 6) is 1.16. The molecule has 0 amide bonds. The first-order valence-electron chi connectivity index (χ1n) is 6.73. The topological polar surface area (TPSA) is 20.3 Å². The van der Waals surface area contributed by atoms with Gasteiger partial charge in [0.25, 0.3) is 0 Å². The van der Waals surface area contributed by atoms with Gasteiger partial charge in [0.05, 0.1) is 0 Å². The zero-order valence-corrected chi connectivity index (χ0v) is 12.0. The van der Waals surface area contributed by atoms with E-state index in [2.05, 4.69) is 45.1 Å². The van der Waals surface area contributed by atoms with Gasteiger partial charge in [-0.15, -0.1) is 0 Å². The van der Waals surface area contributed by atoms with Gasteiger partial charge in [0.1, 0.15) is 5.78 Å². The minimum absolute atomic E-state index is 0.313. The summed E-state index contributed by atoms with van der Waals surface area (Å²) in [6, 6.07) is 8.50. The summed E-state index contributed by atoms with van der Waals surface area (Å²) in [5.41, 5.74) is 1.34. The quantitative estimate of drug-likeness (QED) is 0.836. The molecular formula is C15H18BrNO. The largest absolute Gasteiger partial charge is 0.299 e. The molecule has 1 heterocycles. The van der Waals surface area contributed by atoms with Gasteiger partial charge in [-0.2, -0.15) is 0 Å². The van der Waals surface area contributed by atoms with Crippen molar-refractivity contribution in [2.24, 2.45) is 11.8 Å². The van der Waals surface area contributed by atoms with Gasteiger partial charge in [-0.3, -0.25) is 9.69 Å². The molecular weight excluding hydrogens is 290 g/mol. The van der Waals surface area contributed by atoms with E-state index in [4.69, 9.17) is 0 Å². The van der Waals surface area contributed by atoms with Crippen LogP contribution in [0.25, 0.3) is 0 Å². The maximum atomic E-state index is 12.0. The maximum Gasteiger partial charge on any atom is 0.141 e. The summed E-state index contributed by atoms with van der Waals surface area (Å²) in [4.78, 5) is 14.5. The van der Waals surface area contributed by atoms with E-state index in [9.17, 15) is 4.79 Å². The normalized spacial score (nSPS) is 28.4. The van der Waals surface area contributed by atoms with Crippen LogP contribution in [0, 0.1) is 11.8 Å². The molecule has 2 aliphatic rings. The molecule has 1 aromatic rings. The summed E-state index contributed by atoms with van der Waals surface area (Å²) in [6.07, 6.45) is 3.45. The van der Waals surface area contributed by atoms with Crippen LogP contribution in [0.15, 0.2) is 28.7 Å². The van der Waals surface area contributed by atoms with Gasteiger partial charge in [0.2, 0.25) is 0 Å². The molecule has 0 spiro atoms. The zero-order valence-electron chi connectivity index (χ0n) is 10.4. The molecule has 18 heavy (non-hydrogen) atoms. The third-order valence-electron chi connectivity index (χ3n) is 4.19. The molecule has 0 N–H and O–H groups in total. The van der Waals surface area contributed by atoms with E-state index in [1.54, 1.807) is 0 Å². The van der Waals surface area contributed by atoms with Crippen molar-refractivity contribution in [3.63, 3.8) is 0 Å². The molecule has 2 unspecified atom stereocenters. The highest BCUT2D eigenvalue weighted by Gasteiger charge is 2.37. The summed E-state index contributed by atoms with van der Waals surface area (Å²) >= 11 is 3.46. The van der Waals surface area contributed by atoms with E-state index >= 15 is 0 Å². The number of Topliss-reactive ketones (excluding diaryl/α,β-unsaturated/α-hetero) is 1. The predicted octanol–water partition coefficient (Wildman–Crippen LogP) is 3.25. The van der Waals surface area contributed by atoms with Crippen LogP contribution in [-0.4, -0.2) is 23.8 Å². The van der Waals surface area contributed by atoms with Crippen molar-refractivity contribution < 1.29 is 4.79 Å². The molecule has 1 aliphatic carbocycles. The summed E-state index contributed by atoms with van der Waals surface area (Å²) in [7, 11) is 0. The van der Waals surface area contributed by atoms with Gasteiger partial charge >= 0.3 is 0 Å². The van der Waals surface area contributed by atoms with E-state index in [1.165, 1.54) is 12.0 Å². The second-order valence-electron chi connectivity index (χ2n) is 5.55. The first-order chi connectivity index (χ1) is 8.72. The van der Waals surface area contributed by atoms with E-state index < -0.39 is 0 Å². The van der Waals surface area contributed by atoms with Gasteiger partial charge in [-0.1, -0.05) is 34.5 Å². The summed E-state index contributed by atoms with van der Waals surface area (Å²) < 4.78 is 1.12. The van der Waals surface area contributed by atoms with E-state index in [1.807, 2.05) is 0 Å². The van der Waals surface area contributed by atoms with Crippen LogP contribution in [-0.2, 0) is 11.3 Å². The van der Waals surface area contributed by atoms with Crippen LogP contribution in [0.3, 0.4) is 0 Å². The number of halogens is 1. The number of hydrogen-bond donors (Lipinski definition) is 0. The number of carbonyl (C=O) groups is 1. The zero-order chi connectivity index (χ0) is 12.5. The highest BCUT2D eigenvalue weighted by molar-refractivity contribution is 9.10. The molecule has 1 aromatic carbocycles. The van der Waals surface area contributed by atoms with Gasteiger partial charge in [0, 0.05) is 35.9 Å². The molecule has 2 bridgehead atoms. The van der Waals surface area contributed by atoms with Crippen molar-refractivity contribution in [3.05, 3.63) is 34.3 Å².